The predicted molar refractivity (Wildman–Crippen MR) is 58.5 cm³/mol. The molecule has 0 radical (unpaired) electrons. The van der Waals surface area contributed by atoms with Crippen LogP contribution in [0.1, 0.15) is 25.3 Å². The summed E-state index contributed by atoms with van der Waals surface area (Å²) in [7, 11) is 0. The third-order valence-corrected chi connectivity index (χ3v) is 3.08. The molecule has 1 fully saturated rings. The molecule has 0 unspecified atom stereocenters. The maximum atomic E-state index is 12.8. The van der Waals surface area contributed by atoms with Gasteiger partial charge in [-0.25, -0.2) is 4.39 Å². The molecule has 1 nitrogen and oxygen atoms in total. The summed E-state index contributed by atoms with van der Waals surface area (Å²) in [5, 5.41) is 0. The maximum absolute atomic E-state index is 12.8. The molecule has 0 aliphatic heterocycles. The van der Waals surface area contributed by atoms with E-state index in [-0.39, 0.29) is 5.82 Å². The van der Waals surface area contributed by atoms with E-state index in [1.165, 1.54) is 25.0 Å². The first-order valence-corrected chi connectivity index (χ1v) is 5.54. The quantitative estimate of drug-likeness (QED) is 0.738. The van der Waals surface area contributed by atoms with Crippen LogP contribution in [0.3, 0.4) is 0 Å². The van der Waals surface area contributed by atoms with Crippen molar-refractivity contribution < 1.29 is 9.13 Å². The number of benzene rings is 1. The number of aryl methyl sites for hydroxylation is 1. The molecule has 0 aromatic heterocycles. The van der Waals surface area contributed by atoms with Gasteiger partial charge in [0.1, 0.15) is 11.6 Å². The summed E-state index contributed by atoms with van der Waals surface area (Å²) in [5.74, 6) is 2.17. The van der Waals surface area contributed by atoms with Crippen LogP contribution in [0.25, 0.3) is 0 Å². The fourth-order valence-corrected chi connectivity index (χ4v) is 2.19. The Balaban J connectivity index is 1.88. The number of hydrogen-bond donors (Lipinski definition) is 0. The van der Waals surface area contributed by atoms with Crippen molar-refractivity contribution in [1.82, 2.24) is 0 Å². The Morgan fingerprint density at radius 2 is 2.13 bits per heavy atom. The predicted octanol–water partition coefficient (Wildman–Crippen LogP) is 3.56. The topological polar surface area (TPSA) is 9.23 Å². The van der Waals surface area contributed by atoms with Crippen molar-refractivity contribution in [3.8, 4) is 5.75 Å². The molecule has 1 aliphatic rings. The average Bonchev–Trinajstić information content (AvgIpc) is 2.13. The van der Waals surface area contributed by atoms with Gasteiger partial charge in [-0.05, 0) is 55.4 Å². The second-order valence-electron chi connectivity index (χ2n) is 4.66. The zero-order chi connectivity index (χ0) is 10.8. The zero-order valence-electron chi connectivity index (χ0n) is 9.29. The van der Waals surface area contributed by atoms with Crippen LogP contribution in [0.15, 0.2) is 18.2 Å². The maximum Gasteiger partial charge on any atom is 0.123 e. The molecule has 0 amide bonds. The number of hydrogen-bond acceptors (Lipinski definition) is 1. The van der Waals surface area contributed by atoms with Gasteiger partial charge in [-0.3, -0.25) is 0 Å². The Morgan fingerprint density at radius 1 is 1.40 bits per heavy atom. The van der Waals surface area contributed by atoms with Crippen LogP contribution in [0, 0.1) is 24.6 Å². The molecule has 0 atom stereocenters. The molecular weight excluding hydrogens is 191 g/mol. The fraction of sp³-hybridized carbons (Fsp3) is 0.538. The molecule has 2 rings (SSSR count). The summed E-state index contributed by atoms with van der Waals surface area (Å²) >= 11 is 0. The lowest BCUT2D eigenvalue weighted by molar-refractivity contribution is 0.130. The Hall–Kier alpha value is -1.05. The molecule has 1 aliphatic carbocycles. The molecule has 0 N–H and O–H groups in total. The standard InChI is InChI=1S/C13H17FO/c1-9-5-11(6-9)8-15-13-4-3-12(14)7-10(13)2/h3-4,7,9,11H,5-6,8H2,1-2H3. The van der Waals surface area contributed by atoms with Crippen molar-refractivity contribution in [1.29, 1.82) is 0 Å². The van der Waals surface area contributed by atoms with E-state index in [2.05, 4.69) is 6.92 Å². The lowest BCUT2D eigenvalue weighted by atomic mass is 9.77. The van der Waals surface area contributed by atoms with E-state index >= 15 is 0 Å². The third kappa shape index (κ3) is 2.49. The SMILES string of the molecule is Cc1cc(F)ccc1OCC1CC(C)C1. The molecule has 0 spiro atoms. The summed E-state index contributed by atoms with van der Waals surface area (Å²) in [4.78, 5) is 0. The molecule has 0 bridgehead atoms. The van der Waals surface area contributed by atoms with E-state index in [4.69, 9.17) is 4.74 Å². The molecule has 0 saturated heterocycles. The average molecular weight is 208 g/mol. The van der Waals surface area contributed by atoms with Crippen molar-refractivity contribution in [2.45, 2.75) is 26.7 Å². The normalized spacial score (nSPS) is 24.7. The van der Waals surface area contributed by atoms with E-state index in [9.17, 15) is 4.39 Å². The first-order valence-electron chi connectivity index (χ1n) is 5.54. The van der Waals surface area contributed by atoms with Crippen LogP contribution in [0.5, 0.6) is 5.75 Å². The van der Waals surface area contributed by atoms with E-state index in [0.29, 0.717) is 5.92 Å². The first kappa shape index (κ1) is 10.5. The largest absolute Gasteiger partial charge is 0.493 e. The van der Waals surface area contributed by atoms with E-state index in [0.717, 1.165) is 23.8 Å². The Kier molecular flexibility index (Phi) is 2.94. The molecule has 0 heterocycles. The molecule has 1 saturated carbocycles. The van der Waals surface area contributed by atoms with Crippen LogP contribution >= 0.6 is 0 Å². The lowest BCUT2D eigenvalue weighted by Crippen LogP contribution is -2.26. The van der Waals surface area contributed by atoms with Gasteiger partial charge in [-0.1, -0.05) is 6.92 Å². The Labute approximate surface area is 90.3 Å². The summed E-state index contributed by atoms with van der Waals surface area (Å²) < 4.78 is 18.5. The molecule has 15 heavy (non-hydrogen) atoms. The smallest absolute Gasteiger partial charge is 0.123 e. The fourth-order valence-electron chi connectivity index (χ4n) is 2.19. The van der Waals surface area contributed by atoms with Gasteiger partial charge < -0.3 is 4.74 Å². The number of halogens is 1. The van der Waals surface area contributed by atoms with Crippen molar-refractivity contribution in [2.75, 3.05) is 6.61 Å². The minimum atomic E-state index is -0.197. The van der Waals surface area contributed by atoms with Crippen molar-refractivity contribution in [2.24, 2.45) is 11.8 Å². The monoisotopic (exact) mass is 208 g/mol. The van der Waals surface area contributed by atoms with Gasteiger partial charge in [0, 0.05) is 0 Å². The summed E-state index contributed by atoms with van der Waals surface area (Å²) in [6, 6.07) is 4.68. The molecule has 1 aromatic carbocycles. The van der Waals surface area contributed by atoms with Gasteiger partial charge in [-0.2, -0.15) is 0 Å². The van der Waals surface area contributed by atoms with Gasteiger partial charge in [-0.15, -0.1) is 0 Å². The van der Waals surface area contributed by atoms with Crippen LogP contribution < -0.4 is 4.74 Å². The first-order chi connectivity index (χ1) is 7.15. The highest BCUT2D eigenvalue weighted by molar-refractivity contribution is 5.32. The summed E-state index contributed by atoms with van der Waals surface area (Å²) in [6.45, 7) is 4.91. The third-order valence-electron chi connectivity index (χ3n) is 3.08. The Bertz CT molecular complexity index is 342. The van der Waals surface area contributed by atoms with Crippen molar-refractivity contribution in [3.63, 3.8) is 0 Å². The van der Waals surface area contributed by atoms with Crippen LogP contribution in [0.2, 0.25) is 0 Å². The van der Waals surface area contributed by atoms with Gasteiger partial charge in [0.05, 0.1) is 6.61 Å². The van der Waals surface area contributed by atoms with Crippen LogP contribution in [-0.4, -0.2) is 6.61 Å². The number of ether oxygens (including phenoxy) is 1. The van der Waals surface area contributed by atoms with Crippen molar-refractivity contribution in [3.05, 3.63) is 29.6 Å². The molecule has 1 aromatic rings. The number of rotatable bonds is 3. The Morgan fingerprint density at radius 3 is 2.73 bits per heavy atom. The molecule has 82 valence electrons. The molecule has 2 heteroatoms. The van der Waals surface area contributed by atoms with Gasteiger partial charge in [0.25, 0.3) is 0 Å². The lowest BCUT2D eigenvalue weighted by Gasteiger charge is -2.32. The summed E-state index contributed by atoms with van der Waals surface area (Å²) in [5.41, 5.74) is 0.877. The zero-order valence-corrected chi connectivity index (χ0v) is 9.29. The highest BCUT2D eigenvalue weighted by atomic mass is 19.1. The van der Waals surface area contributed by atoms with E-state index in [1.54, 1.807) is 6.07 Å². The second kappa shape index (κ2) is 4.21. The molecular formula is C13H17FO. The highest BCUT2D eigenvalue weighted by Crippen LogP contribution is 2.33. The van der Waals surface area contributed by atoms with Gasteiger partial charge in [0.2, 0.25) is 0 Å². The highest BCUT2D eigenvalue weighted by Gasteiger charge is 2.25. The minimum Gasteiger partial charge on any atom is -0.493 e. The minimum absolute atomic E-state index is 0.197. The van der Waals surface area contributed by atoms with Crippen molar-refractivity contribution >= 4 is 0 Å². The van der Waals surface area contributed by atoms with Crippen LogP contribution in [-0.2, 0) is 0 Å². The van der Waals surface area contributed by atoms with Gasteiger partial charge >= 0.3 is 0 Å². The second-order valence-corrected chi connectivity index (χ2v) is 4.66. The van der Waals surface area contributed by atoms with E-state index in [1.807, 2.05) is 6.92 Å². The van der Waals surface area contributed by atoms with Gasteiger partial charge in [0.15, 0.2) is 0 Å². The summed E-state index contributed by atoms with van der Waals surface area (Å²) in [6.07, 6.45) is 2.53. The van der Waals surface area contributed by atoms with E-state index < -0.39 is 0 Å². The van der Waals surface area contributed by atoms with Crippen LogP contribution in [0.4, 0.5) is 4.39 Å².